The normalized spacial score (nSPS) is 17.4. The zero-order valence-electron chi connectivity index (χ0n) is 8.76. The van der Waals surface area contributed by atoms with Gasteiger partial charge in [-0.3, -0.25) is 4.21 Å². The molecule has 1 aromatic carbocycles. The fourth-order valence-corrected chi connectivity index (χ4v) is 2.78. The molecular formula is C11H13NO3S. The Morgan fingerprint density at radius 3 is 2.62 bits per heavy atom. The number of benzene rings is 1. The van der Waals surface area contributed by atoms with Gasteiger partial charge in [0.15, 0.2) is 0 Å². The lowest BCUT2D eigenvalue weighted by atomic mass is 10.2. The van der Waals surface area contributed by atoms with Crippen LogP contribution < -0.4 is 4.90 Å². The van der Waals surface area contributed by atoms with Crippen LogP contribution in [-0.4, -0.2) is 39.9 Å². The zero-order chi connectivity index (χ0) is 11.5. The van der Waals surface area contributed by atoms with Crippen molar-refractivity contribution in [1.82, 2.24) is 0 Å². The number of carbonyl (C=O) groups is 1. The minimum atomic E-state index is -0.914. The first-order valence-electron chi connectivity index (χ1n) is 5.10. The maximum Gasteiger partial charge on any atom is 0.335 e. The minimum absolute atomic E-state index is 0.296. The maximum atomic E-state index is 11.2. The molecule has 1 heterocycles. The van der Waals surface area contributed by atoms with Crippen molar-refractivity contribution in [3.05, 3.63) is 29.8 Å². The van der Waals surface area contributed by atoms with Crippen LogP contribution in [0.25, 0.3) is 0 Å². The summed E-state index contributed by atoms with van der Waals surface area (Å²) in [4.78, 5) is 12.9. The van der Waals surface area contributed by atoms with Crippen LogP contribution >= 0.6 is 0 Å². The average Bonchev–Trinajstić information content (AvgIpc) is 2.30. The topological polar surface area (TPSA) is 57.6 Å². The van der Waals surface area contributed by atoms with Gasteiger partial charge in [-0.2, -0.15) is 0 Å². The summed E-state index contributed by atoms with van der Waals surface area (Å²) in [7, 11) is -0.707. The number of anilines is 1. The Balaban J connectivity index is 2.17. The highest BCUT2D eigenvalue weighted by Gasteiger charge is 2.16. The van der Waals surface area contributed by atoms with Crippen LogP contribution in [0.4, 0.5) is 5.69 Å². The maximum absolute atomic E-state index is 11.2. The van der Waals surface area contributed by atoms with Gasteiger partial charge in [0.05, 0.1) is 5.56 Å². The quantitative estimate of drug-likeness (QED) is 0.835. The molecule has 0 amide bonds. The molecule has 1 saturated heterocycles. The molecule has 0 radical (unpaired) electrons. The van der Waals surface area contributed by atoms with Crippen molar-refractivity contribution >= 4 is 22.5 Å². The van der Waals surface area contributed by atoms with E-state index in [-0.39, 0.29) is 0 Å². The van der Waals surface area contributed by atoms with Crippen LogP contribution in [0.5, 0.6) is 0 Å². The van der Waals surface area contributed by atoms with Crippen molar-refractivity contribution in [3.63, 3.8) is 0 Å². The zero-order valence-corrected chi connectivity index (χ0v) is 9.57. The van der Waals surface area contributed by atoms with Crippen molar-refractivity contribution in [1.29, 1.82) is 0 Å². The Morgan fingerprint density at radius 2 is 2.00 bits per heavy atom. The second kappa shape index (κ2) is 4.65. The van der Waals surface area contributed by atoms with Crippen LogP contribution in [0.2, 0.25) is 0 Å². The second-order valence-electron chi connectivity index (χ2n) is 3.69. The summed E-state index contributed by atoms with van der Waals surface area (Å²) < 4.78 is 11.2. The molecule has 1 aromatic rings. The first-order chi connectivity index (χ1) is 7.66. The van der Waals surface area contributed by atoms with E-state index in [0.29, 0.717) is 17.1 Å². The van der Waals surface area contributed by atoms with Crippen molar-refractivity contribution in [2.24, 2.45) is 0 Å². The van der Waals surface area contributed by atoms with E-state index in [1.807, 2.05) is 6.07 Å². The molecule has 2 rings (SSSR count). The average molecular weight is 239 g/mol. The lowest BCUT2D eigenvalue weighted by molar-refractivity contribution is 0.0697. The molecule has 0 unspecified atom stereocenters. The lowest BCUT2D eigenvalue weighted by Gasteiger charge is -2.28. The lowest BCUT2D eigenvalue weighted by Crippen LogP contribution is -2.37. The van der Waals surface area contributed by atoms with Gasteiger partial charge in [0.2, 0.25) is 0 Å². The minimum Gasteiger partial charge on any atom is -0.478 e. The van der Waals surface area contributed by atoms with Crippen LogP contribution in [0.15, 0.2) is 24.3 Å². The predicted octanol–water partition coefficient (Wildman–Crippen LogP) is 0.954. The number of carboxylic acids is 1. The van der Waals surface area contributed by atoms with Crippen molar-refractivity contribution in [3.8, 4) is 0 Å². The van der Waals surface area contributed by atoms with Gasteiger partial charge in [-0.1, -0.05) is 6.07 Å². The number of rotatable bonds is 2. The Kier molecular flexibility index (Phi) is 3.24. The van der Waals surface area contributed by atoms with Crippen molar-refractivity contribution in [2.45, 2.75) is 0 Å². The Hall–Kier alpha value is -1.36. The van der Waals surface area contributed by atoms with Gasteiger partial charge in [0, 0.05) is 41.1 Å². The number of aromatic carboxylic acids is 1. The van der Waals surface area contributed by atoms with Crippen LogP contribution in [-0.2, 0) is 10.8 Å². The molecule has 0 aromatic heterocycles. The van der Waals surface area contributed by atoms with E-state index in [0.717, 1.165) is 18.8 Å². The molecule has 4 nitrogen and oxygen atoms in total. The van der Waals surface area contributed by atoms with Crippen LogP contribution in [0, 0.1) is 0 Å². The summed E-state index contributed by atoms with van der Waals surface area (Å²) in [5, 5.41) is 8.88. The molecule has 0 saturated carbocycles. The molecule has 1 fully saturated rings. The van der Waals surface area contributed by atoms with E-state index < -0.39 is 16.8 Å². The monoisotopic (exact) mass is 239 g/mol. The van der Waals surface area contributed by atoms with Gasteiger partial charge < -0.3 is 10.0 Å². The van der Waals surface area contributed by atoms with E-state index in [9.17, 15) is 9.00 Å². The van der Waals surface area contributed by atoms with Crippen LogP contribution in [0.3, 0.4) is 0 Å². The molecule has 0 aliphatic carbocycles. The third-order valence-electron chi connectivity index (χ3n) is 2.64. The summed E-state index contributed by atoms with van der Waals surface area (Å²) in [5.41, 5.74) is 1.20. The number of hydrogen-bond acceptors (Lipinski definition) is 3. The highest BCUT2D eigenvalue weighted by atomic mass is 32.2. The standard InChI is InChI=1S/C11H13NO3S/c13-11(14)9-2-1-3-10(8-9)12-4-6-16(15)7-5-12/h1-3,8H,4-7H2,(H,13,14). The molecule has 5 heteroatoms. The van der Waals surface area contributed by atoms with Crippen LogP contribution in [0.1, 0.15) is 10.4 Å². The van der Waals surface area contributed by atoms with Gasteiger partial charge in [0.25, 0.3) is 0 Å². The van der Waals surface area contributed by atoms with Crippen molar-refractivity contribution < 1.29 is 14.1 Å². The molecule has 16 heavy (non-hydrogen) atoms. The fourth-order valence-electron chi connectivity index (χ4n) is 1.73. The number of carboxylic acid groups (broad SMARTS) is 1. The van der Waals surface area contributed by atoms with Gasteiger partial charge in [-0.05, 0) is 18.2 Å². The predicted molar refractivity (Wildman–Crippen MR) is 63.5 cm³/mol. The highest BCUT2D eigenvalue weighted by molar-refractivity contribution is 7.85. The van der Waals surface area contributed by atoms with E-state index in [2.05, 4.69) is 4.90 Å². The van der Waals surface area contributed by atoms with Gasteiger partial charge in [0.1, 0.15) is 0 Å². The first-order valence-corrected chi connectivity index (χ1v) is 6.59. The third kappa shape index (κ3) is 2.41. The summed E-state index contributed by atoms with van der Waals surface area (Å²) in [6, 6.07) is 6.87. The van der Waals surface area contributed by atoms with Gasteiger partial charge in [-0.25, -0.2) is 4.79 Å². The molecule has 0 bridgehead atoms. The molecular weight excluding hydrogens is 226 g/mol. The van der Waals surface area contributed by atoms with E-state index >= 15 is 0 Å². The Bertz CT molecular complexity index is 423. The summed E-state index contributed by atoms with van der Waals surface area (Å²) in [6.45, 7) is 1.46. The molecule has 1 N–H and O–H groups in total. The number of hydrogen-bond donors (Lipinski definition) is 1. The largest absolute Gasteiger partial charge is 0.478 e. The van der Waals surface area contributed by atoms with Crippen molar-refractivity contribution in [2.75, 3.05) is 29.5 Å². The molecule has 1 aliphatic heterocycles. The van der Waals surface area contributed by atoms with Gasteiger partial charge >= 0.3 is 5.97 Å². The van der Waals surface area contributed by atoms with Gasteiger partial charge in [-0.15, -0.1) is 0 Å². The van der Waals surface area contributed by atoms with E-state index in [4.69, 9.17) is 5.11 Å². The summed E-state index contributed by atoms with van der Waals surface area (Å²) >= 11 is 0. The number of nitrogens with zero attached hydrogens (tertiary/aromatic N) is 1. The summed E-state index contributed by atoms with van der Waals surface area (Å²) in [6.07, 6.45) is 0. The highest BCUT2D eigenvalue weighted by Crippen LogP contribution is 2.18. The molecule has 0 spiro atoms. The smallest absolute Gasteiger partial charge is 0.335 e. The SMILES string of the molecule is O=C(O)c1cccc(N2CCS(=O)CC2)c1. The summed E-state index contributed by atoms with van der Waals surface area (Å²) in [5.74, 6) is 0.414. The molecule has 86 valence electrons. The van der Waals surface area contributed by atoms with E-state index in [1.54, 1.807) is 18.2 Å². The molecule has 0 atom stereocenters. The fraction of sp³-hybridized carbons (Fsp3) is 0.364. The second-order valence-corrected chi connectivity index (χ2v) is 5.39. The van der Waals surface area contributed by atoms with E-state index in [1.165, 1.54) is 0 Å². The molecule has 1 aliphatic rings. The third-order valence-corrected chi connectivity index (χ3v) is 3.91. The Morgan fingerprint density at radius 1 is 1.31 bits per heavy atom. The first kappa shape index (κ1) is 11.1. The Labute approximate surface area is 96.3 Å².